The van der Waals surface area contributed by atoms with Crippen molar-refractivity contribution < 1.29 is 4.74 Å². The van der Waals surface area contributed by atoms with Gasteiger partial charge in [-0.25, -0.2) is 0 Å². The van der Waals surface area contributed by atoms with Crippen molar-refractivity contribution in [3.63, 3.8) is 0 Å². The number of ether oxygens (including phenoxy) is 1. The molecule has 1 aromatic carbocycles. The molecule has 1 unspecified atom stereocenters. The summed E-state index contributed by atoms with van der Waals surface area (Å²) in [5.41, 5.74) is 7.10. The molecule has 2 nitrogen and oxygen atoms in total. The zero-order valence-electron chi connectivity index (χ0n) is 13.5. The lowest BCUT2D eigenvalue weighted by molar-refractivity contribution is 0.304. The van der Waals surface area contributed by atoms with Crippen LogP contribution in [-0.2, 0) is 6.42 Å². The second-order valence-electron chi connectivity index (χ2n) is 5.90. The Balaban J connectivity index is 2.23. The molecule has 0 radical (unpaired) electrons. The van der Waals surface area contributed by atoms with Crippen LogP contribution in [0.5, 0.6) is 5.75 Å². The van der Waals surface area contributed by atoms with Crippen molar-refractivity contribution in [2.24, 2.45) is 5.73 Å². The van der Waals surface area contributed by atoms with Crippen molar-refractivity contribution >= 4 is 15.9 Å². The first kappa shape index (κ1) is 18.5. The van der Waals surface area contributed by atoms with E-state index in [-0.39, 0.29) is 6.04 Å². The maximum Gasteiger partial charge on any atom is 0.119 e. The molecule has 21 heavy (non-hydrogen) atoms. The smallest absolute Gasteiger partial charge is 0.119 e. The molecule has 0 aromatic heterocycles. The highest BCUT2D eigenvalue weighted by atomic mass is 79.9. The van der Waals surface area contributed by atoms with E-state index >= 15 is 0 Å². The van der Waals surface area contributed by atoms with E-state index in [0.717, 1.165) is 29.7 Å². The van der Waals surface area contributed by atoms with Crippen LogP contribution in [-0.4, -0.2) is 12.6 Å². The lowest BCUT2D eigenvalue weighted by atomic mass is 10.1. The fourth-order valence-corrected chi connectivity index (χ4v) is 2.80. The molecule has 1 rings (SSSR count). The van der Waals surface area contributed by atoms with Gasteiger partial charge >= 0.3 is 0 Å². The van der Waals surface area contributed by atoms with E-state index in [2.05, 4.69) is 35.0 Å². The van der Waals surface area contributed by atoms with Crippen LogP contribution in [0.25, 0.3) is 0 Å². The molecule has 0 saturated heterocycles. The van der Waals surface area contributed by atoms with Gasteiger partial charge in [-0.1, -0.05) is 61.4 Å². The highest BCUT2D eigenvalue weighted by molar-refractivity contribution is 9.10. The van der Waals surface area contributed by atoms with Crippen molar-refractivity contribution in [3.8, 4) is 5.75 Å². The third kappa shape index (κ3) is 8.47. The minimum atomic E-state index is 0.166. The summed E-state index contributed by atoms with van der Waals surface area (Å²) in [5.74, 6) is 0.958. The topological polar surface area (TPSA) is 35.2 Å². The standard InChI is InChI=1S/C18H30BrNO/c1-3-4-5-6-7-8-9-12-21-17-10-11-18(19)16(14-17)13-15(2)20/h10-11,14-15H,3-9,12-13,20H2,1-2H3. The number of hydrogen-bond donors (Lipinski definition) is 1. The fourth-order valence-electron chi connectivity index (χ4n) is 2.39. The molecular weight excluding hydrogens is 326 g/mol. The fraction of sp³-hybridized carbons (Fsp3) is 0.667. The molecule has 0 aliphatic heterocycles. The lowest BCUT2D eigenvalue weighted by Crippen LogP contribution is -2.18. The Morgan fingerprint density at radius 3 is 2.43 bits per heavy atom. The summed E-state index contributed by atoms with van der Waals surface area (Å²) >= 11 is 3.57. The normalized spacial score (nSPS) is 12.4. The van der Waals surface area contributed by atoms with Crippen LogP contribution >= 0.6 is 15.9 Å². The Morgan fingerprint density at radius 2 is 1.76 bits per heavy atom. The first-order valence-corrected chi connectivity index (χ1v) is 9.09. The van der Waals surface area contributed by atoms with E-state index < -0.39 is 0 Å². The molecule has 0 fully saturated rings. The predicted octanol–water partition coefficient (Wildman–Crippen LogP) is 5.47. The number of hydrogen-bond acceptors (Lipinski definition) is 2. The Morgan fingerprint density at radius 1 is 1.10 bits per heavy atom. The van der Waals surface area contributed by atoms with Crippen LogP contribution in [0.4, 0.5) is 0 Å². The summed E-state index contributed by atoms with van der Waals surface area (Å²) in [6.07, 6.45) is 10.1. The Labute approximate surface area is 138 Å². The van der Waals surface area contributed by atoms with Gasteiger partial charge in [-0.15, -0.1) is 0 Å². The van der Waals surface area contributed by atoms with E-state index in [0.29, 0.717) is 0 Å². The van der Waals surface area contributed by atoms with Gasteiger partial charge < -0.3 is 10.5 Å². The number of halogens is 1. The Hall–Kier alpha value is -0.540. The second kappa shape index (κ2) is 11.1. The number of benzene rings is 1. The molecule has 0 saturated carbocycles. The minimum Gasteiger partial charge on any atom is -0.494 e. The SMILES string of the molecule is CCCCCCCCCOc1ccc(Br)c(CC(C)N)c1. The van der Waals surface area contributed by atoms with Crippen molar-refractivity contribution in [1.29, 1.82) is 0 Å². The lowest BCUT2D eigenvalue weighted by Gasteiger charge is -2.11. The first-order chi connectivity index (χ1) is 10.1. The Kier molecular flexibility index (Phi) is 9.77. The summed E-state index contributed by atoms with van der Waals surface area (Å²) in [6, 6.07) is 6.35. The summed E-state index contributed by atoms with van der Waals surface area (Å²) in [7, 11) is 0. The molecule has 3 heteroatoms. The van der Waals surface area contributed by atoms with Gasteiger partial charge in [-0.05, 0) is 43.5 Å². The molecule has 0 aliphatic carbocycles. The molecule has 0 spiro atoms. The van der Waals surface area contributed by atoms with E-state index in [1.807, 2.05) is 13.0 Å². The first-order valence-electron chi connectivity index (χ1n) is 8.30. The third-order valence-corrected chi connectivity index (χ3v) is 4.35. The average molecular weight is 356 g/mol. The molecule has 1 atom stereocenters. The van der Waals surface area contributed by atoms with E-state index in [9.17, 15) is 0 Å². The molecular formula is C18H30BrNO. The van der Waals surface area contributed by atoms with Crippen molar-refractivity contribution in [3.05, 3.63) is 28.2 Å². The van der Waals surface area contributed by atoms with Crippen LogP contribution in [0.1, 0.15) is 64.4 Å². The van der Waals surface area contributed by atoms with Gasteiger partial charge in [0.05, 0.1) is 6.61 Å². The van der Waals surface area contributed by atoms with Crippen LogP contribution < -0.4 is 10.5 Å². The predicted molar refractivity (Wildman–Crippen MR) is 95.0 cm³/mol. The summed E-state index contributed by atoms with van der Waals surface area (Å²) in [5, 5.41) is 0. The van der Waals surface area contributed by atoms with Crippen molar-refractivity contribution in [2.45, 2.75) is 71.3 Å². The molecule has 0 amide bonds. The van der Waals surface area contributed by atoms with Crippen LogP contribution in [0.2, 0.25) is 0 Å². The van der Waals surface area contributed by atoms with Crippen LogP contribution in [0.15, 0.2) is 22.7 Å². The van der Waals surface area contributed by atoms with Gasteiger partial charge in [0.15, 0.2) is 0 Å². The summed E-state index contributed by atoms with van der Waals surface area (Å²) < 4.78 is 6.96. The zero-order chi connectivity index (χ0) is 15.5. The molecule has 1 aromatic rings. The van der Waals surface area contributed by atoms with E-state index in [1.54, 1.807) is 0 Å². The molecule has 0 bridgehead atoms. The average Bonchev–Trinajstić information content (AvgIpc) is 2.44. The monoisotopic (exact) mass is 355 g/mol. The number of unbranched alkanes of at least 4 members (excludes halogenated alkanes) is 6. The van der Waals surface area contributed by atoms with Gasteiger partial charge in [-0.2, -0.15) is 0 Å². The van der Waals surface area contributed by atoms with Gasteiger partial charge in [0.2, 0.25) is 0 Å². The van der Waals surface area contributed by atoms with Crippen molar-refractivity contribution in [1.82, 2.24) is 0 Å². The largest absolute Gasteiger partial charge is 0.494 e. The summed E-state index contributed by atoms with van der Waals surface area (Å²) in [6.45, 7) is 5.09. The zero-order valence-corrected chi connectivity index (χ0v) is 15.1. The highest BCUT2D eigenvalue weighted by Crippen LogP contribution is 2.24. The van der Waals surface area contributed by atoms with Crippen molar-refractivity contribution in [2.75, 3.05) is 6.61 Å². The number of rotatable bonds is 11. The molecule has 2 N–H and O–H groups in total. The minimum absolute atomic E-state index is 0.166. The van der Waals surface area contributed by atoms with Gasteiger partial charge in [0.1, 0.15) is 5.75 Å². The maximum absolute atomic E-state index is 5.87. The van der Waals surface area contributed by atoms with Gasteiger partial charge in [0, 0.05) is 10.5 Å². The van der Waals surface area contributed by atoms with E-state index in [4.69, 9.17) is 10.5 Å². The van der Waals surface area contributed by atoms with E-state index in [1.165, 1.54) is 44.1 Å². The van der Waals surface area contributed by atoms with Crippen LogP contribution in [0, 0.1) is 0 Å². The Bertz CT molecular complexity index is 393. The molecule has 0 aliphatic rings. The molecule has 120 valence electrons. The summed E-state index contributed by atoms with van der Waals surface area (Å²) in [4.78, 5) is 0. The molecule has 0 heterocycles. The van der Waals surface area contributed by atoms with Gasteiger partial charge in [0.25, 0.3) is 0 Å². The van der Waals surface area contributed by atoms with Gasteiger partial charge in [-0.3, -0.25) is 0 Å². The maximum atomic E-state index is 5.87. The highest BCUT2D eigenvalue weighted by Gasteiger charge is 2.05. The quantitative estimate of drug-likeness (QED) is 0.534. The van der Waals surface area contributed by atoms with Crippen LogP contribution in [0.3, 0.4) is 0 Å². The number of nitrogens with two attached hydrogens (primary N) is 1. The second-order valence-corrected chi connectivity index (χ2v) is 6.76. The third-order valence-electron chi connectivity index (χ3n) is 3.58.